The maximum atomic E-state index is 13.4. The molecular weight excluding hydrogens is 404 g/mol. The van der Waals surface area contributed by atoms with Crippen molar-refractivity contribution in [3.8, 4) is 5.75 Å². The van der Waals surface area contributed by atoms with E-state index in [1.54, 1.807) is 19.0 Å². The van der Waals surface area contributed by atoms with Crippen molar-refractivity contribution in [3.05, 3.63) is 65.2 Å². The average Bonchev–Trinajstić information content (AvgIpc) is 3.25. The fourth-order valence-corrected chi connectivity index (χ4v) is 4.32. The molecule has 1 atom stereocenters. The third-order valence-corrected chi connectivity index (χ3v) is 6.22. The zero-order valence-corrected chi connectivity index (χ0v) is 19.0. The van der Waals surface area contributed by atoms with Gasteiger partial charge in [-0.15, -0.1) is 0 Å². The fraction of sp³-hybridized carbons (Fsp3) is 0.400. The van der Waals surface area contributed by atoms with Crippen LogP contribution in [0.3, 0.4) is 0 Å². The zero-order chi connectivity index (χ0) is 22.7. The van der Waals surface area contributed by atoms with E-state index >= 15 is 0 Å². The highest BCUT2D eigenvalue weighted by atomic mass is 16.5. The Morgan fingerprint density at radius 2 is 1.72 bits per heavy atom. The number of rotatable bonds is 5. The van der Waals surface area contributed by atoms with Crippen molar-refractivity contribution < 1.29 is 14.3 Å². The summed E-state index contributed by atoms with van der Waals surface area (Å²) in [4.78, 5) is 28.9. The van der Waals surface area contributed by atoms with Gasteiger partial charge in [0.2, 0.25) is 5.91 Å². The van der Waals surface area contributed by atoms with E-state index in [1.807, 2.05) is 29.2 Å². The topological polar surface area (TPSA) is 65.5 Å². The van der Waals surface area contributed by atoms with Crippen molar-refractivity contribution in [1.29, 1.82) is 0 Å². The molecule has 1 saturated heterocycles. The molecule has 0 aliphatic carbocycles. The molecule has 4 rings (SSSR count). The van der Waals surface area contributed by atoms with Crippen molar-refractivity contribution in [2.45, 2.75) is 26.3 Å². The molecule has 1 fully saturated rings. The van der Waals surface area contributed by atoms with Crippen LogP contribution in [-0.4, -0.2) is 72.2 Å². The van der Waals surface area contributed by atoms with Crippen LogP contribution in [0.15, 0.2) is 53.6 Å². The molecule has 2 amide bonds. The van der Waals surface area contributed by atoms with E-state index in [0.29, 0.717) is 32.6 Å². The first-order chi connectivity index (χ1) is 15.5. The number of hydrogen-bond acceptors (Lipinski definition) is 5. The number of aryl methyl sites for hydroxylation is 1. The van der Waals surface area contributed by atoms with Crippen LogP contribution >= 0.6 is 0 Å². The number of hydrogen-bond donors (Lipinski definition) is 0. The predicted octanol–water partition coefficient (Wildman–Crippen LogP) is 2.85. The molecule has 0 saturated carbocycles. The minimum atomic E-state index is -0.151. The van der Waals surface area contributed by atoms with Crippen LogP contribution < -0.4 is 4.74 Å². The number of carbonyl (C=O) groups is 2. The Morgan fingerprint density at radius 1 is 1.03 bits per heavy atom. The summed E-state index contributed by atoms with van der Waals surface area (Å²) in [6.07, 6.45) is 0.632. The molecule has 168 valence electrons. The molecule has 0 aromatic heterocycles. The Kier molecular flexibility index (Phi) is 6.55. The van der Waals surface area contributed by atoms with Gasteiger partial charge in [-0.25, -0.2) is 5.01 Å². The molecule has 2 aromatic carbocycles. The van der Waals surface area contributed by atoms with Crippen LogP contribution in [0.2, 0.25) is 0 Å². The first kappa shape index (κ1) is 22.0. The van der Waals surface area contributed by atoms with Gasteiger partial charge in [-0.1, -0.05) is 42.0 Å². The van der Waals surface area contributed by atoms with Crippen LogP contribution in [0.5, 0.6) is 5.75 Å². The number of carbonyl (C=O) groups excluding carboxylic acids is 2. The first-order valence-electron chi connectivity index (χ1n) is 11.0. The van der Waals surface area contributed by atoms with Crippen molar-refractivity contribution in [2.24, 2.45) is 5.10 Å². The summed E-state index contributed by atoms with van der Waals surface area (Å²) in [7, 11) is 1.65. The molecular formula is C25H30N4O3. The molecule has 0 bridgehead atoms. The highest BCUT2D eigenvalue weighted by molar-refractivity contribution is 6.05. The Bertz CT molecular complexity index is 1010. The van der Waals surface area contributed by atoms with Gasteiger partial charge in [-0.3, -0.25) is 14.5 Å². The van der Waals surface area contributed by atoms with Crippen LogP contribution in [0.25, 0.3) is 0 Å². The van der Waals surface area contributed by atoms with Crippen LogP contribution in [-0.2, 0) is 9.59 Å². The van der Waals surface area contributed by atoms with Gasteiger partial charge in [0.25, 0.3) is 5.91 Å². The Morgan fingerprint density at radius 3 is 2.38 bits per heavy atom. The summed E-state index contributed by atoms with van der Waals surface area (Å²) in [5.41, 5.74) is 4.01. The third kappa shape index (κ3) is 4.67. The van der Waals surface area contributed by atoms with Gasteiger partial charge in [0.1, 0.15) is 5.75 Å². The van der Waals surface area contributed by atoms with E-state index < -0.39 is 0 Å². The highest BCUT2D eigenvalue weighted by Crippen LogP contribution is 2.35. The van der Waals surface area contributed by atoms with E-state index in [4.69, 9.17) is 9.84 Å². The van der Waals surface area contributed by atoms with Crippen molar-refractivity contribution in [1.82, 2.24) is 14.8 Å². The first-order valence-corrected chi connectivity index (χ1v) is 11.0. The standard InChI is InChI=1S/C25H30N4O3/c1-18-8-10-20(11-9-18)23-16-22(21-6-4-5-7-24(21)32-3)26-29(23)25(31)17-27-12-14-28(15-13-27)19(2)30/h4-11,23H,12-17H2,1-3H3/t23-/m1/s1. The number of hydrazone groups is 1. The molecule has 0 unspecified atom stereocenters. The lowest BCUT2D eigenvalue weighted by Crippen LogP contribution is -2.50. The molecule has 7 heteroatoms. The normalized spacial score (nSPS) is 19.1. The molecule has 2 heterocycles. The average molecular weight is 435 g/mol. The SMILES string of the molecule is COc1ccccc1C1=NN(C(=O)CN2CCN(C(C)=O)CC2)[C@@H](c2ccc(C)cc2)C1. The molecule has 0 spiro atoms. The fourth-order valence-electron chi connectivity index (χ4n) is 4.32. The van der Waals surface area contributed by atoms with E-state index in [2.05, 4.69) is 36.1 Å². The van der Waals surface area contributed by atoms with E-state index in [-0.39, 0.29) is 24.4 Å². The molecule has 0 N–H and O–H groups in total. The van der Waals surface area contributed by atoms with Crippen molar-refractivity contribution in [2.75, 3.05) is 39.8 Å². The van der Waals surface area contributed by atoms with Crippen LogP contribution in [0, 0.1) is 6.92 Å². The Labute approximate surface area is 189 Å². The quantitative estimate of drug-likeness (QED) is 0.726. The van der Waals surface area contributed by atoms with Gasteiger partial charge in [-0.2, -0.15) is 5.10 Å². The molecule has 0 radical (unpaired) electrons. The van der Waals surface area contributed by atoms with E-state index in [9.17, 15) is 9.59 Å². The van der Waals surface area contributed by atoms with Crippen LogP contribution in [0.1, 0.15) is 36.1 Å². The van der Waals surface area contributed by atoms with Crippen molar-refractivity contribution >= 4 is 17.5 Å². The lowest BCUT2D eigenvalue weighted by Gasteiger charge is -2.34. The summed E-state index contributed by atoms with van der Waals surface area (Å²) in [5, 5.41) is 6.43. The molecule has 2 aliphatic rings. The second kappa shape index (κ2) is 9.53. The van der Waals surface area contributed by atoms with E-state index in [1.165, 1.54) is 5.56 Å². The largest absolute Gasteiger partial charge is 0.496 e. The summed E-state index contributed by atoms with van der Waals surface area (Å²) in [6, 6.07) is 15.9. The van der Waals surface area contributed by atoms with Gasteiger partial charge >= 0.3 is 0 Å². The number of amides is 2. The lowest BCUT2D eigenvalue weighted by atomic mass is 9.97. The molecule has 2 aromatic rings. The predicted molar refractivity (Wildman–Crippen MR) is 124 cm³/mol. The minimum Gasteiger partial charge on any atom is -0.496 e. The van der Waals surface area contributed by atoms with Gasteiger partial charge in [-0.05, 0) is 24.6 Å². The van der Waals surface area contributed by atoms with Crippen LogP contribution in [0.4, 0.5) is 0 Å². The maximum Gasteiger partial charge on any atom is 0.257 e. The Hall–Kier alpha value is -3.19. The monoisotopic (exact) mass is 434 g/mol. The van der Waals surface area contributed by atoms with Gasteiger partial charge in [0.05, 0.1) is 25.4 Å². The zero-order valence-electron chi connectivity index (χ0n) is 19.0. The number of piperazine rings is 1. The lowest BCUT2D eigenvalue weighted by molar-refractivity contribution is -0.135. The number of benzene rings is 2. The summed E-state index contributed by atoms with van der Waals surface area (Å²) in [6.45, 7) is 6.62. The van der Waals surface area contributed by atoms with Gasteiger partial charge in [0.15, 0.2) is 0 Å². The maximum absolute atomic E-state index is 13.4. The second-order valence-corrected chi connectivity index (χ2v) is 8.40. The van der Waals surface area contributed by atoms with Gasteiger partial charge < -0.3 is 9.64 Å². The number of para-hydroxylation sites is 1. The smallest absolute Gasteiger partial charge is 0.257 e. The molecule has 7 nitrogen and oxygen atoms in total. The highest BCUT2D eigenvalue weighted by Gasteiger charge is 2.35. The third-order valence-electron chi connectivity index (χ3n) is 6.22. The van der Waals surface area contributed by atoms with E-state index in [0.717, 1.165) is 22.6 Å². The summed E-state index contributed by atoms with van der Waals surface area (Å²) in [5.74, 6) is 0.807. The minimum absolute atomic E-state index is 0.0308. The molecule has 32 heavy (non-hydrogen) atoms. The Balaban J connectivity index is 1.56. The second-order valence-electron chi connectivity index (χ2n) is 8.40. The summed E-state index contributed by atoms with van der Waals surface area (Å²) < 4.78 is 5.54. The van der Waals surface area contributed by atoms with Crippen molar-refractivity contribution in [3.63, 3.8) is 0 Å². The number of methoxy groups -OCH3 is 1. The summed E-state index contributed by atoms with van der Waals surface area (Å²) >= 11 is 0. The number of ether oxygens (including phenoxy) is 1. The van der Waals surface area contributed by atoms with Gasteiger partial charge in [0, 0.05) is 45.1 Å². The molecule has 2 aliphatic heterocycles. The number of nitrogens with zero attached hydrogens (tertiary/aromatic N) is 4.